The minimum atomic E-state index is 1.07. The molecule has 6 aromatic heterocycles. The largest absolute Gasteiger partial charge is 0.140 e. The lowest BCUT2D eigenvalue weighted by molar-refractivity contribution is 1.24. The van der Waals surface area contributed by atoms with Crippen molar-refractivity contribution in [2.75, 3.05) is 0 Å². The zero-order chi connectivity index (χ0) is 23.7. The zero-order valence-electron chi connectivity index (χ0n) is 19.5. The molecule has 0 unspecified atom stereocenters. The van der Waals surface area contributed by atoms with Crippen molar-refractivity contribution in [1.82, 2.24) is 0 Å². The number of hydrogen-bond donors (Lipinski definition) is 0. The highest BCUT2D eigenvalue weighted by molar-refractivity contribution is 7.32. The van der Waals surface area contributed by atoms with E-state index in [1.807, 2.05) is 68.0 Å². The molecule has 0 aliphatic heterocycles. The van der Waals surface area contributed by atoms with Crippen molar-refractivity contribution in [2.45, 2.75) is 26.7 Å². The molecule has 0 fully saturated rings. The molecule has 0 radical (unpaired) electrons. The summed E-state index contributed by atoms with van der Waals surface area (Å²) in [6, 6.07) is 19.4. The lowest BCUT2D eigenvalue weighted by atomic mass is 10.0. The molecule has 1 aromatic carbocycles. The van der Waals surface area contributed by atoms with E-state index in [-0.39, 0.29) is 0 Å². The molecule has 6 heterocycles. The Kier molecular flexibility index (Phi) is 4.23. The Hall–Kier alpha value is -2.06. The van der Waals surface area contributed by atoms with Crippen LogP contribution in [-0.4, -0.2) is 0 Å². The molecule has 0 nitrogen and oxygen atoms in total. The Morgan fingerprint density at radius 1 is 0.417 bits per heavy atom. The first kappa shape index (κ1) is 20.9. The molecule has 2 aliphatic carbocycles. The summed E-state index contributed by atoms with van der Waals surface area (Å²) in [6.45, 7) is 4.41. The first-order valence-electron chi connectivity index (χ1n) is 12.0. The van der Waals surface area contributed by atoms with Crippen LogP contribution in [0.3, 0.4) is 0 Å². The third-order valence-electron chi connectivity index (χ3n) is 7.34. The van der Waals surface area contributed by atoms with Crippen LogP contribution in [0.2, 0.25) is 0 Å². The molecule has 0 atom stereocenters. The second-order valence-electron chi connectivity index (χ2n) is 9.84. The summed E-state index contributed by atoms with van der Waals surface area (Å²) in [5, 5.41) is 0. The number of aryl methyl sites for hydroxylation is 2. The van der Waals surface area contributed by atoms with E-state index in [0.717, 1.165) is 12.8 Å². The minimum Gasteiger partial charge on any atom is -0.140 e. The number of rotatable bonds is 2. The van der Waals surface area contributed by atoms with Crippen LogP contribution in [0.1, 0.15) is 32.0 Å². The fourth-order valence-corrected chi connectivity index (χ4v) is 13.0. The van der Waals surface area contributed by atoms with E-state index in [9.17, 15) is 0 Å². The maximum absolute atomic E-state index is 2.52. The van der Waals surface area contributed by atoms with Crippen LogP contribution in [0.25, 0.3) is 59.2 Å². The van der Waals surface area contributed by atoms with Gasteiger partial charge in [-0.25, -0.2) is 0 Å². The Morgan fingerprint density at radius 2 is 0.833 bits per heavy atom. The fourth-order valence-electron chi connectivity index (χ4n) is 5.79. The van der Waals surface area contributed by atoms with Crippen LogP contribution in [0, 0.1) is 13.8 Å². The summed E-state index contributed by atoms with van der Waals surface area (Å²) in [6.07, 6.45) is 2.14. The van der Waals surface area contributed by atoms with Crippen molar-refractivity contribution < 1.29 is 0 Å². The predicted molar refractivity (Wildman–Crippen MR) is 166 cm³/mol. The van der Waals surface area contributed by atoms with Crippen LogP contribution in [-0.2, 0) is 12.8 Å². The Morgan fingerprint density at radius 3 is 1.28 bits per heavy atom. The van der Waals surface area contributed by atoms with Crippen LogP contribution < -0.4 is 0 Å². The van der Waals surface area contributed by atoms with Crippen molar-refractivity contribution in [3.8, 4) is 40.4 Å². The standard InChI is InChI=1S/C30H18S6/c1-13-3-21-25(31-13)11-27(33-21)23-9-17-5-15-8-20-16(7-19(15)29(17)35-23)6-18-10-24(36-30(18)20)28-12-26-22(34-28)4-14(2)32-26/h3-4,7-12H,5-6H2,1-2H3. The quantitative estimate of drug-likeness (QED) is 0.194. The fraction of sp³-hybridized carbons (Fsp3) is 0.133. The third kappa shape index (κ3) is 2.94. The molecule has 0 saturated carbocycles. The minimum absolute atomic E-state index is 1.07. The van der Waals surface area contributed by atoms with Gasteiger partial charge in [-0.05, 0) is 109 Å². The summed E-state index contributed by atoms with van der Waals surface area (Å²) < 4.78 is 5.73. The SMILES string of the molecule is Cc1cc2sc(-c3cc4c(s3)-c3cc5c(cc3C4)-c3sc(-c4cc6sc(C)cc6s4)cc3C5)cc2s1. The van der Waals surface area contributed by atoms with Gasteiger partial charge in [0, 0.05) is 57.8 Å². The van der Waals surface area contributed by atoms with Crippen molar-refractivity contribution in [3.63, 3.8) is 0 Å². The van der Waals surface area contributed by atoms with E-state index >= 15 is 0 Å². The molecule has 36 heavy (non-hydrogen) atoms. The average molecular weight is 571 g/mol. The smallest absolute Gasteiger partial charge is 0.0463 e. The zero-order valence-corrected chi connectivity index (χ0v) is 24.4. The molecule has 0 spiro atoms. The topological polar surface area (TPSA) is 0 Å². The lowest BCUT2D eigenvalue weighted by Gasteiger charge is -2.06. The first-order valence-corrected chi connectivity index (χ1v) is 16.9. The summed E-state index contributed by atoms with van der Waals surface area (Å²) in [7, 11) is 0. The van der Waals surface area contributed by atoms with Crippen LogP contribution >= 0.6 is 68.0 Å². The Bertz CT molecular complexity index is 1810. The maximum atomic E-state index is 2.52. The third-order valence-corrected chi connectivity index (χ3v) is 14.6. The normalized spacial score (nSPS) is 13.6. The summed E-state index contributed by atoms with van der Waals surface area (Å²) in [5.41, 5.74) is 9.03. The molecule has 0 saturated heterocycles. The van der Waals surface area contributed by atoms with E-state index in [2.05, 4.69) is 62.4 Å². The highest BCUT2D eigenvalue weighted by atomic mass is 32.1. The molecule has 0 bridgehead atoms. The van der Waals surface area contributed by atoms with Crippen molar-refractivity contribution in [2.24, 2.45) is 0 Å². The van der Waals surface area contributed by atoms with Crippen LogP contribution in [0.15, 0.2) is 48.5 Å². The van der Waals surface area contributed by atoms with Crippen molar-refractivity contribution in [1.29, 1.82) is 0 Å². The monoisotopic (exact) mass is 570 g/mol. The van der Waals surface area contributed by atoms with Gasteiger partial charge in [-0.3, -0.25) is 0 Å². The second kappa shape index (κ2) is 7.28. The summed E-state index contributed by atoms with van der Waals surface area (Å²) >= 11 is 11.7. The van der Waals surface area contributed by atoms with Gasteiger partial charge in [0.25, 0.3) is 0 Å². The van der Waals surface area contributed by atoms with Gasteiger partial charge >= 0.3 is 0 Å². The van der Waals surface area contributed by atoms with E-state index in [1.165, 1.54) is 91.2 Å². The maximum Gasteiger partial charge on any atom is 0.0463 e. The summed E-state index contributed by atoms with van der Waals surface area (Å²) in [5.74, 6) is 0. The van der Waals surface area contributed by atoms with Gasteiger partial charge in [-0.15, -0.1) is 68.0 Å². The molecule has 0 N–H and O–H groups in total. The van der Waals surface area contributed by atoms with Gasteiger partial charge in [-0.1, -0.05) is 0 Å². The molecule has 9 rings (SSSR count). The van der Waals surface area contributed by atoms with E-state index in [4.69, 9.17) is 0 Å². The van der Waals surface area contributed by atoms with Gasteiger partial charge < -0.3 is 0 Å². The van der Waals surface area contributed by atoms with E-state index < -0.39 is 0 Å². The predicted octanol–water partition coefficient (Wildman–Crippen LogP) is 11.5. The molecule has 7 aromatic rings. The van der Waals surface area contributed by atoms with Gasteiger partial charge in [0.1, 0.15) is 0 Å². The second-order valence-corrected chi connectivity index (χ2v) is 16.7. The molecular formula is C30H18S6. The number of thiophene rings is 6. The van der Waals surface area contributed by atoms with Gasteiger partial charge in [0.05, 0.1) is 0 Å². The van der Waals surface area contributed by atoms with E-state index in [0.29, 0.717) is 0 Å². The lowest BCUT2D eigenvalue weighted by Crippen LogP contribution is -1.86. The molecule has 2 aliphatic rings. The highest BCUT2D eigenvalue weighted by Gasteiger charge is 2.29. The van der Waals surface area contributed by atoms with Gasteiger partial charge in [0.2, 0.25) is 0 Å². The Labute approximate surface area is 232 Å². The van der Waals surface area contributed by atoms with Crippen molar-refractivity contribution in [3.05, 3.63) is 80.5 Å². The van der Waals surface area contributed by atoms with Crippen molar-refractivity contribution >= 4 is 86.8 Å². The first-order chi connectivity index (χ1) is 17.6. The molecular weight excluding hydrogens is 553 g/mol. The van der Waals surface area contributed by atoms with Crippen LogP contribution in [0.5, 0.6) is 0 Å². The summed E-state index contributed by atoms with van der Waals surface area (Å²) in [4.78, 5) is 11.5. The Balaban J connectivity index is 1.08. The van der Waals surface area contributed by atoms with Gasteiger partial charge in [-0.2, -0.15) is 0 Å². The number of benzene rings is 1. The average Bonchev–Trinajstić information content (AvgIpc) is 3.63. The number of fused-ring (bicyclic) bond motifs is 8. The molecule has 0 amide bonds. The number of hydrogen-bond acceptors (Lipinski definition) is 6. The highest BCUT2D eigenvalue weighted by Crippen LogP contribution is 2.53. The van der Waals surface area contributed by atoms with Crippen LogP contribution in [0.4, 0.5) is 0 Å². The van der Waals surface area contributed by atoms with E-state index in [1.54, 1.807) is 0 Å². The molecule has 6 heteroatoms. The molecule has 174 valence electrons. The van der Waals surface area contributed by atoms with Gasteiger partial charge in [0.15, 0.2) is 0 Å².